The summed E-state index contributed by atoms with van der Waals surface area (Å²) in [5, 5.41) is 12.9. The fourth-order valence-corrected chi connectivity index (χ4v) is 2.69. The van der Waals surface area contributed by atoms with Crippen LogP contribution >= 0.6 is 22.9 Å². The van der Waals surface area contributed by atoms with E-state index in [4.69, 9.17) is 11.6 Å². The van der Waals surface area contributed by atoms with Crippen LogP contribution in [0.4, 0.5) is 0 Å². The summed E-state index contributed by atoms with van der Waals surface area (Å²) in [7, 11) is 0. The lowest BCUT2D eigenvalue weighted by molar-refractivity contribution is 0.0382. The molecule has 0 saturated heterocycles. The Balaban J connectivity index is 2.42. The third-order valence-corrected chi connectivity index (χ3v) is 3.67. The van der Waals surface area contributed by atoms with Crippen molar-refractivity contribution >= 4 is 22.9 Å². The monoisotopic (exact) mass is 276 g/mol. The van der Waals surface area contributed by atoms with Gasteiger partial charge in [-0.2, -0.15) is 0 Å². The zero-order chi connectivity index (χ0) is 12.9. The minimum atomic E-state index is -0.639. The maximum atomic E-state index is 9.79. The van der Waals surface area contributed by atoms with Gasteiger partial charge in [0, 0.05) is 24.9 Å². The average Bonchev–Trinajstić information content (AvgIpc) is 2.70. The van der Waals surface area contributed by atoms with Crippen LogP contribution in [0.1, 0.15) is 31.5 Å². The molecule has 3 nitrogen and oxygen atoms in total. The number of alkyl halides is 1. The van der Waals surface area contributed by atoms with Crippen molar-refractivity contribution in [3.05, 3.63) is 16.1 Å². The van der Waals surface area contributed by atoms with Crippen LogP contribution in [-0.2, 0) is 12.3 Å². The molecule has 1 N–H and O–H groups in total. The highest BCUT2D eigenvalue weighted by atomic mass is 35.5. The summed E-state index contributed by atoms with van der Waals surface area (Å²) < 4.78 is 0. The van der Waals surface area contributed by atoms with Crippen molar-refractivity contribution in [3.8, 4) is 0 Å². The molecule has 1 heterocycles. The van der Waals surface area contributed by atoms with Gasteiger partial charge in [-0.3, -0.25) is 0 Å². The Kier molecular flexibility index (Phi) is 5.86. The first-order valence-electron chi connectivity index (χ1n) is 5.88. The summed E-state index contributed by atoms with van der Waals surface area (Å²) in [6.45, 7) is 8.35. The normalized spacial score (nSPS) is 12.4. The van der Waals surface area contributed by atoms with E-state index in [9.17, 15) is 5.11 Å². The van der Waals surface area contributed by atoms with Gasteiger partial charge in [0.15, 0.2) is 0 Å². The summed E-state index contributed by atoms with van der Waals surface area (Å²) in [5.41, 5.74) is 0.317. The van der Waals surface area contributed by atoms with E-state index in [1.165, 1.54) is 0 Å². The minimum Gasteiger partial charge on any atom is -0.389 e. The molecule has 0 aliphatic rings. The fourth-order valence-electron chi connectivity index (χ4n) is 1.68. The highest BCUT2D eigenvalue weighted by Crippen LogP contribution is 2.13. The van der Waals surface area contributed by atoms with Crippen molar-refractivity contribution in [3.63, 3.8) is 0 Å². The van der Waals surface area contributed by atoms with E-state index in [0.717, 1.165) is 30.2 Å². The molecule has 5 heteroatoms. The topological polar surface area (TPSA) is 36.4 Å². The van der Waals surface area contributed by atoms with E-state index in [1.807, 2.05) is 19.2 Å². The smallest absolute Gasteiger partial charge is 0.0941 e. The number of aromatic nitrogens is 1. The first-order chi connectivity index (χ1) is 7.94. The molecule has 0 aliphatic carbocycles. The van der Waals surface area contributed by atoms with Crippen molar-refractivity contribution in [2.75, 3.05) is 19.6 Å². The maximum Gasteiger partial charge on any atom is 0.0941 e. The summed E-state index contributed by atoms with van der Waals surface area (Å²) in [5.74, 6) is 0.484. The Bertz CT molecular complexity index is 335. The molecule has 0 spiro atoms. The Morgan fingerprint density at radius 3 is 2.71 bits per heavy atom. The maximum absolute atomic E-state index is 9.79. The molecule has 0 radical (unpaired) electrons. The van der Waals surface area contributed by atoms with Crippen LogP contribution in [0.15, 0.2) is 5.38 Å². The number of hydrogen-bond donors (Lipinski definition) is 1. The van der Waals surface area contributed by atoms with Gasteiger partial charge < -0.3 is 10.0 Å². The molecule has 1 aromatic rings. The molecule has 98 valence electrons. The van der Waals surface area contributed by atoms with Gasteiger partial charge in [0.05, 0.1) is 22.2 Å². The zero-order valence-corrected chi connectivity index (χ0v) is 12.3. The van der Waals surface area contributed by atoms with Gasteiger partial charge in [0.2, 0.25) is 0 Å². The van der Waals surface area contributed by atoms with Gasteiger partial charge in [-0.1, -0.05) is 6.92 Å². The van der Waals surface area contributed by atoms with E-state index in [2.05, 4.69) is 16.8 Å². The Labute approximate surface area is 112 Å². The van der Waals surface area contributed by atoms with Crippen molar-refractivity contribution in [1.29, 1.82) is 0 Å². The van der Waals surface area contributed by atoms with Gasteiger partial charge in [0.25, 0.3) is 0 Å². The molecule has 1 aromatic heterocycles. The van der Waals surface area contributed by atoms with Crippen LogP contribution in [0, 0.1) is 0 Å². The van der Waals surface area contributed by atoms with Crippen LogP contribution in [0.2, 0.25) is 0 Å². The number of likely N-dealkylation sites (N-methyl/N-ethyl adjacent to an activating group) is 1. The Morgan fingerprint density at radius 2 is 2.24 bits per heavy atom. The lowest BCUT2D eigenvalue weighted by atomic mass is 10.1. The molecule has 0 aliphatic heterocycles. The molecule has 0 bridgehead atoms. The fraction of sp³-hybridized carbons (Fsp3) is 0.750. The van der Waals surface area contributed by atoms with E-state index in [1.54, 1.807) is 11.3 Å². The van der Waals surface area contributed by atoms with Gasteiger partial charge in [0.1, 0.15) is 0 Å². The minimum absolute atomic E-state index is 0.484. The molecular formula is C12H21ClN2OS. The molecule has 0 saturated carbocycles. The van der Waals surface area contributed by atoms with Crippen molar-refractivity contribution in [1.82, 2.24) is 9.88 Å². The standard InChI is InChI=1S/C12H21ClN2OS/c1-4-15(9-12(2,3)16)6-5-11-14-10(7-13)8-17-11/h8,16H,4-7,9H2,1-3H3. The summed E-state index contributed by atoms with van der Waals surface area (Å²) in [6, 6.07) is 0. The second-order valence-corrected chi connectivity index (χ2v) is 6.01. The summed E-state index contributed by atoms with van der Waals surface area (Å²) >= 11 is 7.38. The van der Waals surface area contributed by atoms with Gasteiger partial charge in [-0.15, -0.1) is 22.9 Å². The number of hydrogen-bond acceptors (Lipinski definition) is 4. The Hall–Kier alpha value is -0.160. The summed E-state index contributed by atoms with van der Waals surface area (Å²) in [6.07, 6.45) is 0.922. The van der Waals surface area contributed by atoms with E-state index < -0.39 is 5.60 Å². The molecule has 0 amide bonds. The first kappa shape index (κ1) is 14.9. The predicted molar refractivity (Wildman–Crippen MR) is 73.8 cm³/mol. The van der Waals surface area contributed by atoms with E-state index in [0.29, 0.717) is 12.4 Å². The lowest BCUT2D eigenvalue weighted by Crippen LogP contribution is -2.39. The van der Waals surface area contributed by atoms with Crippen LogP contribution < -0.4 is 0 Å². The van der Waals surface area contributed by atoms with E-state index >= 15 is 0 Å². The number of halogens is 1. The third kappa shape index (κ3) is 5.82. The molecule has 0 atom stereocenters. The van der Waals surface area contributed by atoms with Crippen molar-refractivity contribution in [2.24, 2.45) is 0 Å². The Morgan fingerprint density at radius 1 is 1.53 bits per heavy atom. The molecule has 0 fully saturated rings. The van der Waals surface area contributed by atoms with Crippen molar-refractivity contribution < 1.29 is 5.11 Å². The molecule has 1 rings (SSSR count). The van der Waals surface area contributed by atoms with Crippen LogP contribution in [0.3, 0.4) is 0 Å². The van der Waals surface area contributed by atoms with E-state index in [-0.39, 0.29) is 0 Å². The lowest BCUT2D eigenvalue weighted by Gasteiger charge is -2.27. The number of nitrogens with zero attached hydrogens (tertiary/aromatic N) is 2. The molecular weight excluding hydrogens is 256 g/mol. The molecule has 0 aromatic carbocycles. The number of thiazole rings is 1. The number of aliphatic hydroxyl groups is 1. The second kappa shape index (κ2) is 6.69. The number of rotatable bonds is 7. The molecule has 17 heavy (non-hydrogen) atoms. The highest BCUT2D eigenvalue weighted by molar-refractivity contribution is 7.09. The predicted octanol–water partition coefficient (Wildman–Crippen LogP) is 2.52. The first-order valence-corrected chi connectivity index (χ1v) is 7.30. The largest absolute Gasteiger partial charge is 0.389 e. The van der Waals surface area contributed by atoms with Gasteiger partial charge in [-0.25, -0.2) is 4.98 Å². The average molecular weight is 277 g/mol. The quantitative estimate of drug-likeness (QED) is 0.778. The van der Waals surface area contributed by atoms with Gasteiger partial charge in [-0.05, 0) is 20.4 Å². The van der Waals surface area contributed by atoms with Crippen molar-refractivity contribution in [2.45, 2.75) is 38.7 Å². The van der Waals surface area contributed by atoms with Crippen LogP contribution in [0.25, 0.3) is 0 Å². The SMILES string of the molecule is CCN(CCc1nc(CCl)cs1)CC(C)(C)O. The summed E-state index contributed by atoms with van der Waals surface area (Å²) in [4.78, 5) is 6.67. The second-order valence-electron chi connectivity index (χ2n) is 4.80. The van der Waals surface area contributed by atoms with Crippen LogP contribution in [0.5, 0.6) is 0 Å². The highest BCUT2D eigenvalue weighted by Gasteiger charge is 2.17. The molecule has 0 unspecified atom stereocenters. The third-order valence-electron chi connectivity index (χ3n) is 2.44. The zero-order valence-electron chi connectivity index (χ0n) is 10.7. The van der Waals surface area contributed by atoms with Gasteiger partial charge >= 0.3 is 0 Å². The van der Waals surface area contributed by atoms with Crippen LogP contribution in [-0.4, -0.2) is 40.2 Å².